The first kappa shape index (κ1) is 13.2. The van der Waals surface area contributed by atoms with Crippen molar-refractivity contribution in [1.82, 2.24) is 0 Å². The molecule has 8 nitrogen and oxygen atoms in total. The second-order valence-electron chi connectivity index (χ2n) is 2.82. The predicted molar refractivity (Wildman–Crippen MR) is 41.9 cm³/mol. The van der Waals surface area contributed by atoms with Gasteiger partial charge in [-0.15, -0.1) is 0 Å². The zero-order chi connectivity index (χ0) is 11.5. The molecule has 0 rings (SSSR count). The third kappa shape index (κ3) is 2.61. The Morgan fingerprint density at radius 3 is 2.07 bits per heavy atom. The summed E-state index contributed by atoms with van der Waals surface area (Å²) < 4.78 is 0. The third-order valence-electron chi connectivity index (χ3n) is 1.70. The maximum atomic E-state index is 10.3. The minimum absolute atomic E-state index is 0.909. The number of rotatable bonds is 5. The van der Waals surface area contributed by atoms with E-state index in [0.717, 1.165) is 0 Å². The summed E-state index contributed by atoms with van der Waals surface area (Å²) >= 11 is 0. The van der Waals surface area contributed by atoms with E-state index < -0.39 is 36.6 Å². The maximum Gasteiger partial charge on any atom is 0.353 e. The molecule has 0 aromatic heterocycles. The Labute approximate surface area is 78.8 Å². The minimum Gasteiger partial charge on any atom is -0.478 e. The molecule has 8 N–H and O–H groups in total. The summed E-state index contributed by atoms with van der Waals surface area (Å²) in [6.45, 7) is -0.909. The first-order chi connectivity index (χ1) is 6.25. The molecule has 0 aliphatic heterocycles. The van der Waals surface area contributed by atoms with Crippen LogP contribution in [0, 0.1) is 0 Å². The molecule has 8 heteroatoms. The van der Waals surface area contributed by atoms with Gasteiger partial charge in [0.05, 0.1) is 6.61 Å². The van der Waals surface area contributed by atoms with Crippen molar-refractivity contribution < 1.29 is 35.4 Å². The van der Waals surface area contributed by atoms with Crippen LogP contribution < -0.4 is 5.73 Å². The van der Waals surface area contributed by atoms with Gasteiger partial charge in [0.25, 0.3) is 0 Å². The van der Waals surface area contributed by atoms with Crippen molar-refractivity contribution in [2.45, 2.75) is 24.0 Å². The van der Waals surface area contributed by atoms with Gasteiger partial charge in [-0.2, -0.15) is 0 Å². The van der Waals surface area contributed by atoms with Crippen molar-refractivity contribution in [1.29, 1.82) is 0 Å². The van der Waals surface area contributed by atoms with Gasteiger partial charge in [-0.05, 0) is 0 Å². The molecule has 0 heterocycles. The first-order valence-electron chi connectivity index (χ1n) is 3.64. The Hall–Kier alpha value is -0.770. The molecule has 84 valence electrons. The first-order valence-corrected chi connectivity index (χ1v) is 3.64. The highest BCUT2D eigenvalue weighted by Crippen LogP contribution is 2.11. The highest BCUT2D eigenvalue weighted by atomic mass is 16.4. The lowest BCUT2D eigenvalue weighted by molar-refractivity contribution is -0.189. The number of nitrogens with two attached hydrogens (primary N) is 1. The van der Waals surface area contributed by atoms with Gasteiger partial charge in [-0.1, -0.05) is 0 Å². The van der Waals surface area contributed by atoms with E-state index in [1.807, 2.05) is 0 Å². The van der Waals surface area contributed by atoms with Crippen LogP contribution >= 0.6 is 0 Å². The Balaban J connectivity index is 4.60. The summed E-state index contributed by atoms with van der Waals surface area (Å²) in [4.78, 5) is 10.3. The summed E-state index contributed by atoms with van der Waals surface area (Å²) in [7, 11) is 0. The lowest BCUT2D eigenvalue weighted by atomic mass is 9.99. The van der Waals surface area contributed by atoms with Crippen molar-refractivity contribution in [3.63, 3.8) is 0 Å². The number of hydrogen-bond donors (Lipinski definition) is 7. The number of carboxylic acid groups (broad SMARTS) is 1. The molecule has 0 fully saturated rings. The summed E-state index contributed by atoms with van der Waals surface area (Å²) in [5.41, 5.74) is 1.66. The minimum atomic E-state index is -3.09. The highest BCUT2D eigenvalue weighted by Gasteiger charge is 2.45. The number of aliphatic carboxylic acids is 1. The molecule has 0 aromatic rings. The van der Waals surface area contributed by atoms with Crippen LogP contribution in [0.4, 0.5) is 0 Å². The molecule has 0 amide bonds. The monoisotopic (exact) mass is 211 g/mol. The van der Waals surface area contributed by atoms with E-state index in [9.17, 15) is 4.79 Å². The van der Waals surface area contributed by atoms with Crippen LogP contribution in [0.3, 0.4) is 0 Å². The maximum absolute atomic E-state index is 10.3. The zero-order valence-corrected chi connectivity index (χ0v) is 7.11. The molecule has 4 atom stereocenters. The normalized spacial score (nSPS) is 22.1. The van der Waals surface area contributed by atoms with Crippen molar-refractivity contribution in [2.75, 3.05) is 6.61 Å². The number of carboxylic acids is 1. The fourth-order valence-electron chi connectivity index (χ4n) is 0.705. The number of hydrogen-bond acceptors (Lipinski definition) is 7. The summed E-state index contributed by atoms with van der Waals surface area (Å²) in [5, 5.41) is 52.5. The van der Waals surface area contributed by atoms with E-state index in [-0.39, 0.29) is 0 Å². The third-order valence-corrected chi connectivity index (χ3v) is 1.70. The second-order valence-corrected chi connectivity index (χ2v) is 2.82. The topological polar surface area (TPSA) is 164 Å². The molecule has 0 aliphatic carbocycles. The summed E-state index contributed by atoms with van der Waals surface area (Å²) in [6.07, 6.45) is -6.17. The van der Waals surface area contributed by atoms with Crippen molar-refractivity contribution in [3.05, 3.63) is 0 Å². The van der Waals surface area contributed by atoms with Gasteiger partial charge >= 0.3 is 5.97 Å². The molecule has 0 saturated carbocycles. The fraction of sp³-hybridized carbons (Fsp3) is 0.833. The molecule has 0 unspecified atom stereocenters. The van der Waals surface area contributed by atoms with Crippen LogP contribution in [0.5, 0.6) is 0 Å². The Kier molecular flexibility index (Phi) is 4.39. The van der Waals surface area contributed by atoms with E-state index in [4.69, 9.17) is 36.4 Å². The average Bonchev–Trinajstić information content (AvgIpc) is 2.13. The summed E-state index contributed by atoms with van der Waals surface area (Å²) in [6, 6.07) is 0. The molecule has 0 spiro atoms. The Bertz CT molecular complexity index is 206. The highest BCUT2D eigenvalue weighted by molar-refractivity contribution is 5.77. The SMILES string of the molecule is N[C@@](O)(C(=O)O)[C@H](O)[C@H](O)[C@H](O)CO. The van der Waals surface area contributed by atoms with Gasteiger partial charge in [0.15, 0.2) is 0 Å². The predicted octanol–water partition coefficient (Wildman–Crippen LogP) is -4.21. The van der Waals surface area contributed by atoms with Gasteiger partial charge in [-0.3, -0.25) is 5.73 Å². The molecule has 0 saturated heterocycles. The number of carbonyl (C=O) groups is 1. The number of aliphatic hydroxyl groups is 5. The number of aliphatic hydroxyl groups excluding tert-OH is 4. The van der Waals surface area contributed by atoms with Crippen molar-refractivity contribution >= 4 is 5.97 Å². The molecule has 0 aromatic carbocycles. The van der Waals surface area contributed by atoms with Crippen LogP contribution in [-0.2, 0) is 4.79 Å². The molecule has 14 heavy (non-hydrogen) atoms. The lowest BCUT2D eigenvalue weighted by Gasteiger charge is -2.29. The smallest absolute Gasteiger partial charge is 0.353 e. The lowest BCUT2D eigenvalue weighted by Crippen LogP contribution is -2.63. The van der Waals surface area contributed by atoms with Crippen molar-refractivity contribution in [3.8, 4) is 0 Å². The summed E-state index contributed by atoms with van der Waals surface area (Å²) in [5.74, 6) is -1.96. The van der Waals surface area contributed by atoms with Crippen molar-refractivity contribution in [2.24, 2.45) is 5.73 Å². The second kappa shape index (κ2) is 4.64. The van der Waals surface area contributed by atoms with E-state index >= 15 is 0 Å². The van der Waals surface area contributed by atoms with Gasteiger partial charge in [0.1, 0.15) is 18.3 Å². The quantitative estimate of drug-likeness (QED) is 0.225. The zero-order valence-electron chi connectivity index (χ0n) is 7.11. The van der Waals surface area contributed by atoms with Gasteiger partial charge < -0.3 is 30.6 Å². The van der Waals surface area contributed by atoms with Crippen LogP contribution in [0.15, 0.2) is 0 Å². The van der Waals surface area contributed by atoms with E-state index in [2.05, 4.69) is 0 Å². The van der Waals surface area contributed by atoms with Gasteiger partial charge in [0.2, 0.25) is 5.72 Å². The molecule has 0 bridgehead atoms. The standard InChI is InChI=1S/C6H13NO7/c7-6(14,5(12)13)4(11)3(10)2(9)1-8/h2-4,8-11,14H,1,7H2,(H,12,13)/t2-,3-,4-,6+/m1/s1. The molecular formula is C6H13NO7. The molecule has 0 aliphatic rings. The van der Waals surface area contributed by atoms with E-state index in [1.54, 1.807) is 0 Å². The van der Waals surface area contributed by atoms with E-state index in [1.165, 1.54) is 0 Å². The Morgan fingerprint density at radius 1 is 1.36 bits per heavy atom. The molecular weight excluding hydrogens is 198 g/mol. The van der Waals surface area contributed by atoms with E-state index in [0.29, 0.717) is 0 Å². The fourth-order valence-corrected chi connectivity index (χ4v) is 0.705. The van der Waals surface area contributed by atoms with Crippen LogP contribution in [0.2, 0.25) is 0 Å². The van der Waals surface area contributed by atoms with Crippen LogP contribution in [0.25, 0.3) is 0 Å². The largest absolute Gasteiger partial charge is 0.478 e. The average molecular weight is 211 g/mol. The van der Waals surface area contributed by atoms with Crippen LogP contribution in [-0.4, -0.2) is 67.3 Å². The molecule has 0 radical (unpaired) electrons. The van der Waals surface area contributed by atoms with Crippen LogP contribution in [0.1, 0.15) is 0 Å². The van der Waals surface area contributed by atoms with Gasteiger partial charge in [0, 0.05) is 0 Å². The van der Waals surface area contributed by atoms with Gasteiger partial charge in [-0.25, -0.2) is 4.79 Å². The Morgan fingerprint density at radius 2 is 1.79 bits per heavy atom.